The third-order valence-electron chi connectivity index (χ3n) is 4.07. The first-order chi connectivity index (χ1) is 13.2. The molecule has 8 heteroatoms. The zero-order chi connectivity index (χ0) is 18.6. The predicted molar refractivity (Wildman–Crippen MR) is 102 cm³/mol. The molecule has 138 valence electrons. The molecule has 0 aliphatic carbocycles. The highest BCUT2D eigenvalue weighted by atomic mass is 32.1. The maximum Gasteiger partial charge on any atom is 0.266 e. The van der Waals surface area contributed by atoms with E-state index >= 15 is 0 Å². The lowest BCUT2D eigenvalue weighted by molar-refractivity contribution is -0.116. The number of nitrogens with zero attached hydrogens (tertiary/aromatic N) is 2. The summed E-state index contributed by atoms with van der Waals surface area (Å²) in [6.45, 7) is 0.575. The van der Waals surface area contributed by atoms with Crippen molar-refractivity contribution in [3.63, 3.8) is 0 Å². The van der Waals surface area contributed by atoms with Crippen LogP contribution in [0.3, 0.4) is 0 Å². The highest BCUT2D eigenvalue weighted by Gasteiger charge is 2.14. The van der Waals surface area contributed by atoms with Crippen LogP contribution >= 0.6 is 11.3 Å². The van der Waals surface area contributed by atoms with E-state index in [9.17, 15) is 9.59 Å². The number of amides is 1. The minimum atomic E-state index is -0.175. The number of nitrogens with one attached hydrogen (secondary N) is 1. The average molecular weight is 383 g/mol. The SMILES string of the molecule is O=C(CCCn1nc(-c2cccs2)ccc1=O)Nc1ccc2c(c1)OCO2. The first-order valence-electron chi connectivity index (χ1n) is 8.50. The lowest BCUT2D eigenvalue weighted by atomic mass is 10.2. The number of hydrogen-bond donors (Lipinski definition) is 1. The first-order valence-corrected chi connectivity index (χ1v) is 9.38. The van der Waals surface area contributed by atoms with Crippen LogP contribution in [0.4, 0.5) is 5.69 Å². The van der Waals surface area contributed by atoms with Crippen LogP contribution in [0.5, 0.6) is 11.5 Å². The third kappa shape index (κ3) is 4.01. The molecule has 0 unspecified atom stereocenters. The summed E-state index contributed by atoms with van der Waals surface area (Å²) in [5.74, 6) is 1.16. The molecule has 0 atom stereocenters. The van der Waals surface area contributed by atoms with Crippen LogP contribution in [0.2, 0.25) is 0 Å². The van der Waals surface area contributed by atoms with Crippen LogP contribution in [0.25, 0.3) is 10.6 Å². The molecule has 27 heavy (non-hydrogen) atoms. The molecule has 1 N–H and O–H groups in total. The molecule has 1 aliphatic rings. The first kappa shape index (κ1) is 17.3. The van der Waals surface area contributed by atoms with Gasteiger partial charge in [0.05, 0.1) is 4.88 Å². The molecule has 1 amide bonds. The lowest BCUT2D eigenvalue weighted by Gasteiger charge is -2.08. The second kappa shape index (κ2) is 7.63. The largest absolute Gasteiger partial charge is 0.454 e. The molecule has 0 saturated heterocycles. The number of aryl methyl sites for hydroxylation is 1. The molecule has 0 saturated carbocycles. The Morgan fingerprint density at radius 3 is 2.93 bits per heavy atom. The summed E-state index contributed by atoms with van der Waals surface area (Å²) in [5.41, 5.74) is 1.24. The van der Waals surface area contributed by atoms with Gasteiger partial charge in [0.15, 0.2) is 11.5 Å². The number of ether oxygens (including phenoxy) is 2. The summed E-state index contributed by atoms with van der Waals surface area (Å²) in [7, 11) is 0. The Morgan fingerprint density at radius 1 is 1.19 bits per heavy atom. The molecular weight excluding hydrogens is 366 g/mol. The monoisotopic (exact) mass is 383 g/mol. The fraction of sp³-hybridized carbons (Fsp3) is 0.211. The van der Waals surface area contributed by atoms with Gasteiger partial charge in [-0.2, -0.15) is 5.10 Å². The standard InChI is InChI=1S/C19H17N3O4S/c23-18(20-13-5-7-15-16(11-13)26-12-25-15)4-1-9-22-19(24)8-6-14(21-22)17-3-2-10-27-17/h2-3,5-8,10-11H,1,4,9,12H2,(H,20,23). The van der Waals surface area contributed by atoms with Gasteiger partial charge in [0.2, 0.25) is 12.7 Å². The topological polar surface area (TPSA) is 82.5 Å². The summed E-state index contributed by atoms with van der Waals surface area (Å²) in [4.78, 5) is 25.1. The number of fused-ring (bicyclic) bond motifs is 1. The number of aromatic nitrogens is 2. The van der Waals surface area contributed by atoms with Gasteiger partial charge in [-0.25, -0.2) is 4.68 Å². The molecule has 3 aromatic rings. The van der Waals surface area contributed by atoms with E-state index in [2.05, 4.69) is 10.4 Å². The van der Waals surface area contributed by atoms with Crippen LogP contribution in [-0.2, 0) is 11.3 Å². The smallest absolute Gasteiger partial charge is 0.266 e. The van der Waals surface area contributed by atoms with Gasteiger partial charge < -0.3 is 14.8 Å². The lowest BCUT2D eigenvalue weighted by Crippen LogP contribution is -2.23. The highest BCUT2D eigenvalue weighted by molar-refractivity contribution is 7.13. The van der Waals surface area contributed by atoms with Crippen LogP contribution in [-0.4, -0.2) is 22.5 Å². The molecule has 0 spiro atoms. The molecule has 0 fully saturated rings. The van der Waals surface area contributed by atoms with Crippen molar-refractivity contribution in [1.82, 2.24) is 9.78 Å². The van der Waals surface area contributed by atoms with E-state index < -0.39 is 0 Å². The van der Waals surface area contributed by atoms with Gasteiger partial charge in [-0.05, 0) is 36.1 Å². The fourth-order valence-electron chi connectivity index (χ4n) is 2.75. The van der Waals surface area contributed by atoms with Gasteiger partial charge in [0, 0.05) is 30.8 Å². The number of rotatable bonds is 6. The van der Waals surface area contributed by atoms with Crippen LogP contribution in [0.1, 0.15) is 12.8 Å². The molecule has 0 bridgehead atoms. The second-order valence-electron chi connectivity index (χ2n) is 5.98. The summed E-state index contributed by atoms with van der Waals surface area (Å²) in [6.07, 6.45) is 0.795. The van der Waals surface area contributed by atoms with Crippen LogP contribution in [0, 0.1) is 0 Å². The molecule has 4 rings (SSSR count). The van der Waals surface area contributed by atoms with Crippen molar-refractivity contribution in [3.8, 4) is 22.1 Å². The molecule has 7 nitrogen and oxygen atoms in total. The van der Waals surface area contributed by atoms with Gasteiger partial charge in [0.25, 0.3) is 5.56 Å². The molecule has 3 heterocycles. The zero-order valence-corrected chi connectivity index (χ0v) is 15.2. The Hall–Kier alpha value is -3.13. The Bertz CT molecular complexity index is 1010. The van der Waals surface area contributed by atoms with Gasteiger partial charge in [-0.1, -0.05) is 6.07 Å². The number of carbonyl (C=O) groups is 1. The second-order valence-corrected chi connectivity index (χ2v) is 6.92. The number of hydrogen-bond acceptors (Lipinski definition) is 6. The average Bonchev–Trinajstić information content (AvgIpc) is 3.34. The summed E-state index contributed by atoms with van der Waals surface area (Å²) in [6, 6.07) is 12.4. The van der Waals surface area contributed by atoms with E-state index in [1.807, 2.05) is 17.5 Å². The molecular formula is C19H17N3O4S. The Kier molecular flexibility index (Phi) is 4.88. The van der Waals surface area contributed by atoms with E-state index in [-0.39, 0.29) is 24.7 Å². The molecule has 0 radical (unpaired) electrons. The van der Waals surface area contributed by atoms with Crippen molar-refractivity contribution >= 4 is 22.9 Å². The summed E-state index contributed by atoms with van der Waals surface area (Å²) in [5, 5.41) is 9.18. The fourth-order valence-corrected chi connectivity index (χ4v) is 3.44. The predicted octanol–water partition coefficient (Wildman–Crippen LogP) is 3.12. The quantitative estimate of drug-likeness (QED) is 0.707. The number of anilines is 1. The van der Waals surface area contributed by atoms with E-state index in [1.165, 1.54) is 10.7 Å². The van der Waals surface area contributed by atoms with Crippen molar-refractivity contribution in [1.29, 1.82) is 0 Å². The van der Waals surface area contributed by atoms with Crippen LogP contribution in [0.15, 0.2) is 52.6 Å². The van der Waals surface area contributed by atoms with Gasteiger partial charge in [-0.3, -0.25) is 9.59 Å². The van der Waals surface area contributed by atoms with Crippen molar-refractivity contribution in [2.75, 3.05) is 12.1 Å². The normalized spacial score (nSPS) is 12.1. The van der Waals surface area contributed by atoms with Crippen LogP contribution < -0.4 is 20.3 Å². The van der Waals surface area contributed by atoms with E-state index in [4.69, 9.17) is 9.47 Å². The summed E-state index contributed by atoms with van der Waals surface area (Å²) < 4.78 is 11.9. The maximum absolute atomic E-state index is 12.2. The Labute approximate surface area is 159 Å². The minimum Gasteiger partial charge on any atom is -0.454 e. The van der Waals surface area contributed by atoms with Crippen molar-refractivity contribution in [3.05, 3.63) is 58.2 Å². The van der Waals surface area contributed by atoms with E-state index in [1.54, 1.807) is 35.6 Å². The number of thiophene rings is 1. The van der Waals surface area contributed by atoms with E-state index in [0.29, 0.717) is 30.2 Å². The molecule has 2 aromatic heterocycles. The minimum absolute atomic E-state index is 0.128. The van der Waals surface area contributed by atoms with Gasteiger partial charge in [0.1, 0.15) is 5.69 Å². The van der Waals surface area contributed by atoms with Crippen molar-refractivity contribution in [2.24, 2.45) is 0 Å². The number of benzene rings is 1. The van der Waals surface area contributed by atoms with Crippen molar-refractivity contribution < 1.29 is 14.3 Å². The third-order valence-corrected chi connectivity index (χ3v) is 4.96. The highest BCUT2D eigenvalue weighted by Crippen LogP contribution is 2.34. The molecule has 1 aromatic carbocycles. The molecule has 1 aliphatic heterocycles. The Morgan fingerprint density at radius 2 is 2.07 bits per heavy atom. The zero-order valence-electron chi connectivity index (χ0n) is 14.4. The van der Waals surface area contributed by atoms with Crippen molar-refractivity contribution in [2.45, 2.75) is 19.4 Å². The van der Waals surface area contributed by atoms with Gasteiger partial charge >= 0.3 is 0 Å². The number of carbonyl (C=O) groups excluding carboxylic acids is 1. The van der Waals surface area contributed by atoms with E-state index in [0.717, 1.165) is 10.6 Å². The summed E-state index contributed by atoms with van der Waals surface area (Å²) >= 11 is 1.57. The van der Waals surface area contributed by atoms with Gasteiger partial charge in [-0.15, -0.1) is 11.3 Å². The Balaban J connectivity index is 1.33. The maximum atomic E-state index is 12.2.